The van der Waals surface area contributed by atoms with Crippen LogP contribution < -0.4 is 10.2 Å². The van der Waals surface area contributed by atoms with Gasteiger partial charge in [0.05, 0.1) is 0 Å². The van der Waals surface area contributed by atoms with Crippen molar-refractivity contribution in [3.05, 3.63) is 5.82 Å². The summed E-state index contributed by atoms with van der Waals surface area (Å²) >= 11 is 0. The normalized spacial score (nSPS) is 19.4. The molecule has 1 amide bonds. The molecule has 1 aliphatic rings. The second-order valence-electron chi connectivity index (χ2n) is 7.31. The van der Waals surface area contributed by atoms with Crippen LogP contribution in [0.3, 0.4) is 0 Å². The van der Waals surface area contributed by atoms with E-state index in [0.29, 0.717) is 17.2 Å². The lowest BCUT2D eigenvalue weighted by molar-refractivity contribution is 0.0929. The van der Waals surface area contributed by atoms with E-state index in [4.69, 9.17) is 0 Å². The maximum Gasteiger partial charge on any atom is 0.289 e. The third-order valence-electron chi connectivity index (χ3n) is 4.17. The second kappa shape index (κ2) is 5.66. The molecule has 1 N–H and O–H groups in total. The van der Waals surface area contributed by atoms with Crippen LogP contribution in [0.15, 0.2) is 0 Å². The van der Waals surface area contributed by atoms with Gasteiger partial charge >= 0.3 is 0 Å². The van der Waals surface area contributed by atoms with E-state index in [1.165, 1.54) is 0 Å². The number of hydrogen-bond donors (Lipinski definition) is 1. The molecule has 6 nitrogen and oxygen atoms in total. The fourth-order valence-electron chi connectivity index (χ4n) is 2.77. The van der Waals surface area contributed by atoms with Gasteiger partial charge in [0.25, 0.3) is 5.91 Å². The Morgan fingerprint density at radius 3 is 2.52 bits per heavy atom. The van der Waals surface area contributed by atoms with Gasteiger partial charge in [0.2, 0.25) is 11.8 Å². The quantitative estimate of drug-likeness (QED) is 0.923. The molecule has 21 heavy (non-hydrogen) atoms. The number of hydrogen-bond acceptors (Lipinski definition) is 4. The number of carbonyl (C=O) groups is 1. The molecule has 1 aromatic rings. The van der Waals surface area contributed by atoms with E-state index in [1.807, 2.05) is 20.9 Å². The van der Waals surface area contributed by atoms with Crippen LogP contribution in [0.2, 0.25) is 0 Å². The second-order valence-corrected chi connectivity index (χ2v) is 7.31. The highest BCUT2D eigenvalue weighted by atomic mass is 16.2. The van der Waals surface area contributed by atoms with Crippen LogP contribution in [0.1, 0.15) is 51.7 Å². The lowest BCUT2D eigenvalue weighted by Crippen LogP contribution is -2.32. The first-order valence-corrected chi connectivity index (χ1v) is 7.65. The minimum atomic E-state index is -0.169. The number of aromatic nitrogens is 3. The molecule has 2 rings (SSSR count). The maximum atomic E-state index is 12.1. The summed E-state index contributed by atoms with van der Waals surface area (Å²) in [5.74, 6) is 1.63. The Balaban J connectivity index is 2.13. The van der Waals surface area contributed by atoms with Crippen molar-refractivity contribution < 1.29 is 4.79 Å². The van der Waals surface area contributed by atoms with Gasteiger partial charge in [-0.25, -0.2) is 0 Å². The number of nitrogens with one attached hydrogen (secondary N) is 1. The zero-order valence-electron chi connectivity index (χ0n) is 14.0. The number of anilines is 1. The minimum Gasteiger partial charge on any atom is -0.347 e. The third-order valence-corrected chi connectivity index (χ3v) is 4.17. The summed E-state index contributed by atoms with van der Waals surface area (Å²) in [5, 5.41) is 11.1. The molecule has 1 aliphatic heterocycles. The average Bonchev–Trinajstić information content (AvgIpc) is 2.92. The van der Waals surface area contributed by atoms with Gasteiger partial charge in [-0.3, -0.25) is 9.36 Å². The van der Waals surface area contributed by atoms with Gasteiger partial charge in [-0.1, -0.05) is 20.8 Å². The summed E-state index contributed by atoms with van der Waals surface area (Å²) in [5.41, 5.74) is 0.297. The molecule has 1 unspecified atom stereocenters. The van der Waals surface area contributed by atoms with E-state index in [9.17, 15) is 4.79 Å². The van der Waals surface area contributed by atoms with E-state index >= 15 is 0 Å². The zero-order valence-corrected chi connectivity index (χ0v) is 14.0. The first-order valence-electron chi connectivity index (χ1n) is 7.65. The van der Waals surface area contributed by atoms with Gasteiger partial charge in [0.1, 0.15) is 0 Å². The van der Waals surface area contributed by atoms with Crippen LogP contribution in [-0.2, 0) is 7.05 Å². The Hall–Kier alpha value is -1.59. The molecule has 0 radical (unpaired) electrons. The highest BCUT2D eigenvalue weighted by molar-refractivity contribution is 5.91. The highest BCUT2D eigenvalue weighted by Gasteiger charge is 2.34. The lowest BCUT2D eigenvalue weighted by atomic mass is 9.80. The van der Waals surface area contributed by atoms with E-state index in [1.54, 1.807) is 4.57 Å². The van der Waals surface area contributed by atoms with Gasteiger partial charge in [0.15, 0.2) is 0 Å². The van der Waals surface area contributed by atoms with Crippen LogP contribution in [0, 0.1) is 11.3 Å². The summed E-state index contributed by atoms with van der Waals surface area (Å²) < 4.78 is 1.79. The molecular weight excluding hydrogens is 266 g/mol. The van der Waals surface area contributed by atoms with Gasteiger partial charge in [-0.15, -0.1) is 10.2 Å². The largest absolute Gasteiger partial charge is 0.347 e. The van der Waals surface area contributed by atoms with Crippen molar-refractivity contribution in [1.29, 1.82) is 0 Å². The van der Waals surface area contributed by atoms with Gasteiger partial charge < -0.3 is 10.2 Å². The molecule has 0 saturated carbocycles. The molecule has 118 valence electrons. The first kappa shape index (κ1) is 15.8. The predicted octanol–water partition coefficient (Wildman–Crippen LogP) is 1.83. The van der Waals surface area contributed by atoms with E-state index in [2.05, 4.69) is 41.2 Å². The summed E-state index contributed by atoms with van der Waals surface area (Å²) in [6.07, 6.45) is 1.16. The first-order chi connectivity index (χ1) is 9.70. The average molecular weight is 293 g/mol. The molecular formula is C15H27N5O. The lowest BCUT2D eigenvalue weighted by Gasteiger charge is -2.27. The molecule has 0 bridgehead atoms. The maximum absolute atomic E-state index is 12.1. The summed E-state index contributed by atoms with van der Waals surface area (Å²) in [6, 6.07) is 0.0923. The van der Waals surface area contributed by atoms with Crippen LogP contribution in [-0.4, -0.2) is 39.8 Å². The molecule has 0 spiro atoms. The Morgan fingerprint density at radius 1 is 1.33 bits per heavy atom. The van der Waals surface area contributed by atoms with Crippen LogP contribution in [0.5, 0.6) is 0 Å². The minimum absolute atomic E-state index is 0.0923. The van der Waals surface area contributed by atoms with E-state index in [0.717, 1.165) is 25.5 Å². The Morgan fingerprint density at radius 2 is 2.00 bits per heavy atom. The van der Waals surface area contributed by atoms with Crippen molar-refractivity contribution in [1.82, 2.24) is 20.1 Å². The molecule has 1 saturated heterocycles. The summed E-state index contributed by atoms with van der Waals surface area (Å²) in [7, 11) is 1.86. The van der Waals surface area contributed by atoms with Crippen molar-refractivity contribution in [2.45, 2.75) is 47.1 Å². The van der Waals surface area contributed by atoms with Crippen LogP contribution in [0.4, 0.5) is 5.95 Å². The van der Waals surface area contributed by atoms with Crippen molar-refractivity contribution in [3.63, 3.8) is 0 Å². The number of nitrogens with zero attached hydrogens (tertiary/aromatic N) is 4. The number of amides is 1. The van der Waals surface area contributed by atoms with E-state index in [-0.39, 0.29) is 11.9 Å². The highest BCUT2D eigenvalue weighted by Crippen LogP contribution is 2.35. The fourth-order valence-corrected chi connectivity index (χ4v) is 2.77. The standard InChI is InChI=1S/C15H27N5O/c1-10(2)16-13(21)12-17-18-14(19(12)6)20-8-7-11(9-20)15(3,4)5/h10-11H,7-9H2,1-6H3,(H,16,21). The molecule has 0 aliphatic carbocycles. The predicted molar refractivity (Wildman–Crippen MR) is 83.4 cm³/mol. The molecule has 1 aromatic heterocycles. The van der Waals surface area contributed by atoms with Crippen LogP contribution in [0.25, 0.3) is 0 Å². The molecule has 1 atom stereocenters. The van der Waals surface area contributed by atoms with Crippen LogP contribution >= 0.6 is 0 Å². The number of carbonyl (C=O) groups excluding carboxylic acids is 1. The Kier molecular flexibility index (Phi) is 4.25. The van der Waals surface area contributed by atoms with Gasteiger partial charge in [-0.05, 0) is 31.6 Å². The Bertz CT molecular complexity index is 515. The third kappa shape index (κ3) is 3.36. The monoisotopic (exact) mass is 293 g/mol. The van der Waals surface area contributed by atoms with Crippen molar-refractivity contribution in [3.8, 4) is 0 Å². The van der Waals surface area contributed by atoms with Gasteiger partial charge in [-0.2, -0.15) is 0 Å². The van der Waals surface area contributed by atoms with Crippen molar-refractivity contribution in [2.75, 3.05) is 18.0 Å². The number of rotatable bonds is 3. The fraction of sp³-hybridized carbons (Fsp3) is 0.800. The van der Waals surface area contributed by atoms with Crippen molar-refractivity contribution in [2.24, 2.45) is 18.4 Å². The van der Waals surface area contributed by atoms with Gasteiger partial charge in [0, 0.05) is 26.2 Å². The molecule has 0 aromatic carbocycles. The smallest absolute Gasteiger partial charge is 0.289 e. The molecule has 2 heterocycles. The summed E-state index contributed by atoms with van der Waals surface area (Å²) in [4.78, 5) is 14.3. The Labute approximate surface area is 126 Å². The SMILES string of the molecule is CC(C)NC(=O)c1nnc(N2CCC(C(C)(C)C)C2)n1C. The topological polar surface area (TPSA) is 63.1 Å². The zero-order chi connectivity index (χ0) is 15.8. The van der Waals surface area contributed by atoms with Crippen molar-refractivity contribution >= 4 is 11.9 Å². The molecule has 1 fully saturated rings. The van der Waals surface area contributed by atoms with E-state index < -0.39 is 0 Å². The summed E-state index contributed by atoms with van der Waals surface area (Å²) in [6.45, 7) is 12.6. The molecule has 6 heteroatoms.